The summed E-state index contributed by atoms with van der Waals surface area (Å²) in [5, 5.41) is 18.3. The van der Waals surface area contributed by atoms with Crippen molar-refractivity contribution in [1.82, 2.24) is 4.90 Å². The zero-order valence-corrected chi connectivity index (χ0v) is 9.57. The summed E-state index contributed by atoms with van der Waals surface area (Å²) in [6.45, 7) is 3.33. The number of amides is 1. The normalized spacial score (nSPS) is 24.4. The van der Waals surface area contributed by atoms with Crippen molar-refractivity contribution in [2.75, 3.05) is 6.54 Å². The van der Waals surface area contributed by atoms with Crippen molar-refractivity contribution in [3.63, 3.8) is 0 Å². The standard InChI is InChI=1S/C9H15NO4S/c1-9(2,15)7(8(13)14)10-4-5(11)3-6(10)12/h5,7,11,15H,3-4H2,1-2H3,(H,13,14)/t5?,7-/m1/s1. The smallest absolute Gasteiger partial charge is 0.327 e. The monoisotopic (exact) mass is 233 g/mol. The third kappa shape index (κ3) is 2.63. The Morgan fingerprint density at radius 2 is 2.20 bits per heavy atom. The number of carboxylic acids is 1. The molecule has 1 aliphatic rings. The maximum atomic E-state index is 11.4. The van der Waals surface area contributed by atoms with Gasteiger partial charge in [0.2, 0.25) is 5.91 Å². The molecule has 1 saturated heterocycles. The number of aliphatic hydroxyl groups excluding tert-OH is 1. The molecule has 1 fully saturated rings. The maximum Gasteiger partial charge on any atom is 0.327 e. The molecule has 1 unspecified atom stereocenters. The molecule has 0 aromatic heterocycles. The third-order valence-corrected chi connectivity index (χ3v) is 2.60. The molecule has 15 heavy (non-hydrogen) atoms. The number of aliphatic carboxylic acids is 1. The highest BCUT2D eigenvalue weighted by atomic mass is 32.1. The summed E-state index contributed by atoms with van der Waals surface area (Å²) in [5.41, 5.74) is 0. The van der Waals surface area contributed by atoms with E-state index in [4.69, 9.17) is 5.11 Å². The van der Waals surface area contributed by atoms with E-state index in [1.807, 2.05) is 0 Å². The van der Waals surface area contributed by atoms with Gasteiger partial charge in [0.25, 0.3) is 0 Å². The van der Waals surface area contributed by atoms with Crippen molar-refractivity contribution >= 4 is 24.5 Å². The molecular weight excluding hydrogens is 218 g/mol. The van der Waals surface area contributed by atoms with E-state index in [9.17, 15) is 14.7 Å². The maximum absolute atomic E-state index is 11.4. The average Bonchev–Trinajstić information content (AvgIpc) is 2.26. The number of likely N-dealkylation sites (tertiary alicyclic amines) is 1. The molecule has 1 aliphatic heterocycles. The quantitative estimate of drug-likeness (QED) is 0.587. The Balaban J connectivity index is 2.91. The lowest BCUT2D eigenvalue weighted by Gasteiger charge is -2.33. The first-order valence-corrected chi connectivity index (χ1v) is 5.11. The summed E-state index contributed by atoms with van der Waals surface area (Å²) in [6.07, 6.45) is -0.775. The summed E-state index contributed by atoms with van der Waals surface area (Å²) in [4.78, 5) is 23.7. The first kappa shape index (κ1) is 12.3. The van der Waals surface area contributed by atoms with Gasteiger partial charge >= 0.3 is 5.97 Å². The van der Waals surface area contributed by atoms with E-state index in [0.29, 0.717) is 0 Å². The first-order chi connectivity index (χ1) is 6.73. The topological polar surface area (TPSA) is 77.8 Å². The second-order valence-corrected chi connectivity index (χ2v) is 5.45. The highest BCUT2D eigenvalue weighted by Gasteiger charge is 2.43. The van der Waals surface area contributed by atoms with Crippen molar-refractivity contribution < 1.29 is 19.8 Å². The van der Waals surface area contributed by atoms with Gasteiger partial charge in [-0.3, -0.25) is 4.79 Å². The molecule has 0 saturated carbocycles. The van der Waals surface area contributed by atoms with Crippen LogP contribution in [0.25, 0.3) is 0 Å². The number of hydrogen-bond acceptors (Lipinski definition) is 4. The van der Waals surface area contributed by atoms with Gasteiger partial charge in [-0.05, 0) is 13.8 Å². The van der Waals surface area contributed by atoms with Gasteiger partial charge < -0.3 is 15.1 Å². The minimum Gasteiger partial charge on any atom is -0.480 e. The number of thiol groups is 1. The second kappa shape index (κ2) is 4.02. The van der Waals surface area contributed by atoms with Crippen molar-refractivity contribution in [3.8, 4) is 0 Å². The highest BCUT2D eigenvalue weighted by Crippen LogP contribution is 2.26. The Bertz CT molecular complexity index is 286. The fourth-order valence-corrected chi connectivity index (χ4v) is 2.03. The molecule has 0 aromatic rings. The van der Waals surface area contributed by atoms with Gasteiger partial charge in [-0.15, -0.1) is 0 Å². The SMILES string of the molecule is CC(C)(S)[C@@H](C(=O)O)N1CC(O)CC1=O. The van der Waals surface area contributed by atoms with Gasteiger partial charge in [0.15, 0.2) is 0 Å². The van der Waals surface area contributed by atoms with E-state index in [0.717, 1.165) is 0 Å². The molecule has 1 heterocycles. The van der Waals surface area contributed by atoms with Crippen LogP contribution in [0.2, 0.25) is 0 Å². The Hall–Kier alpha value is -0.750. The largest absolute Gasteiger partial charge is 0.480 e. The molecule has 5 nitrogen and oxygen atoms in total. The lowest BCUT2D eigenvalue weighted by Crippen LogP contribution is -2.52. The lowest BCUT2D eigenvalue weighted by atomic mass is 10.0. The molecule has 0 aromatic carbocycles. The first-order valence-electron chi connectivity index (χ1n) is 4.66. The van der Waals surface area contributed by atoms with Crippen molar-refractivity contribution in [3.05, 3.63) is 0 Å². The predicted octanol–water partition coefficient (Wildman–Crippen LogP) is -0.259. The number of aliphatic hydroxyl groups is 1. The number of carboxylic acid groups (broad SMARTS) is 1. The lowest BCUT2D eigenvalue weighted by molar-refractivity contribution is -0.149. The van der Waals surface area contributed by atoms with E-state index in [-0.39, 0.29) is 18.9 Å². The molecular formula is C9H15NO4S. The average molecular weight is 233 g/mol. The number of carbonyl (C=O) groups is 2. The third-order valence-electron chi connectivity index (χ3n) is 2.35. The van der Waals surface area contributed by atoms with Crippen LogP contribution < -0.4 is 0 Å². The van der Waals surface area contributed by atoms with Gasteiger partial charge in [-0.2, -0.15) is 12.6 Å². The molecule has 2 N–H and O–H groups in total. The molecule has 1 rings (SSSR count). The van der Waals surface area contributed by atoms with Gasteiger partial charge in [0, 0.05) is 11.3 Å². The molecule has 6 heteroatoms. The second-order valence-electron chi connectivity index (χ2n) is 4.30. The van der Waals surface area contributed by atoms with Crippen molar-refractivity contribution in [2.45, 2.75) is 37.2 Å². The van der Waals surface area contributed by atoms with E-state index >= 15 is 0 Å². The number of nitrogens with zero attached hydrogens (tertiary/aromatic N) is 1. The molecule has 1 amide bonds. The minimum atomic E-state index is -1.10. The number of β-amino-alcohol motifs (C(OH)–C–C–N with tert-alkyl or cyclic N) is 1. The van der Waals surface area contributed by atoms with Crippen LogP contribution in [0.15, 0.2) is 0 Å². The number of hydrogen-bond donors (Lipinski definition) is 3. The van der Waals surface area contributed by atoms with Crippen LogP contribution in [0.1, 0.15) is 20.3 Å². The van der Waals surface area contributed by atoms with Crippen LogP contribution >= 0.6 is 12.6 Å². The van der Waals surface area contributed by atoms with Gasteiger partial charge in [-0.1, -0.05) is 0 Å². The molecule has 0 radical (unpaired) electrons. The van der Waals surface area contributed by atoms with Gasteiger partial charge in [-0.25, -0.2) is 4.79 Å². The van der Waals surface area contributed by atoms with Crippen LogP contribution in [-0.2, 0) is 9.59 Å². The fourth-order valence-electron chi connectivity index (χ4n) is 1.78. The summed E-state index contributed by atoms with van der Waals surface area (Å²) < 4.78 is -0.842. The Morgan fingerprint density at radius 3 is 2.47 bits per heavy atom. The van der Waals surface area contributed by atoms with Gasteiger partial charge in [0.1, 0.15) is 6.04 Å². The van der Waals surface area contributed by atoms with E-state index in [1.54, 1.807) is 13.8 Å². The van der Waals surface area contributed by atoms with Crippen LogP contribution in [0.4, 0.5) is 0 Å². The Kier molecular flexibility index (Phi) is 3.30. The van der Waals surface area contributed by atoms with E-state index in [2.05, 4.69) is 12.6 Å². The Labute approximate surface area is 93.5 Å². The summed E-state index contributed by atoms with van der Waals surface area (Å²) >= 11 is 4.18. The van der Waals surface area contributed by atoms with Gasteiger partial charge in [0.05, 0.1) is 12.5 Å². The number of carbonyl (C=O) groups excluding carboxylic acids is 1. The summed E-state index contributed by atoms with van der Waals surface area (Å²) in [6, 6.07) is -1.01. The van der Waals surface area contributed by atoms with Crippen molar-refractivity contribution in [2.24, 2.45) is 0 Å². The molecule has 2 atom stereocenters. The molecule has 0 spiro atoms. The molecule has 86 valence electrons. The Morgan fingerprint density at radius 1 is 1.67 bits per heavy atom. The molecule has 0 bridgehead atoms. The fraction of sp³-hybridized carbons (Fsp3) is 0.778. The van der Waals surface area contributed by atoms with Crippen LogP contribution in [0.5, 0.6) is 0 Å². The minimum absolute atomic E-state index is 0.00631. The zero-order chi connectivity index (χ0) is 11.8. The molecule has 0 aliphatic carbocycles. The predicted molar refractivity (Wildman–Crippen MR) is 56.8 cm³/mol. The number of rotatable bonds is 3. The highest BCUT2D eigenvalue weighted by molar-refractivity contribution is 7.81. The van der Waals surface area contributed by atoms with E-state index < -0.39 is 22.9 Å². The zero-order valence-electron chi connectivity index (χ0n) is 8.67. The van der Waals surface area contributed by atoms with Crippen molar-refractivity contribution in [1.29, 1.82) is 0 Å². The van der Waals surface area contributed by atoms with Crippen LogP contribution in [0, 0.1) is 0 Å². The summed E-state index contributed by atoms with van der Waals surface area (Å²) in [7, 11) is 0. The van der Waals surface area contributed by atoms with Crippen LogP contribution in [0.3, 0.4) is 0 Å². The summed E-state index contributed by atoms with van der Waals surface area (Å²) in [5.74, 6) is -1.44. The van der Waals surface area contributed by atoms with Crippen LogP contribution in [-0.4, -0.2) is 50.4 Å². The van der Waals surface area contributed by atoms with E-state index in [1.165, 1.54) is 4.90 Å².